The number of fused-ring (bicyclic) bond motifs is 9. The fourth-order valence-electron chi connectivity index (χ4n) is 7.08. The average Bonchev–Trinajstić information content (AvgIpc) is 3.06. The molecule has 2 saturated heterocycles. The molecule has 2 aromatic heterocycles. The minimum atomic E-state index is -2.93. The number of hydrogen-bond acceptors (Lipinski definition) is 8. The van der Waals surface area contributed by atoms with E-state index < -0.39 is 11.8 Å². The summed E-state index contributed by atoms with van der Waals surface area (Å²) < 4.78 is 33.2. The first-order valence-electron chi connectivity index (χ1n) is 16.7. The Morgan fingerprint density at radius 2 is 1.72 bits per heavy atom. The predicted octanol–water partition coefficient (Wildman–Crippen LogP) is 4.21. The highest BCUT2D eigenvalue weighted by atomic mass is 19.3. The molecule has 1 aromatic carbocycles. The van der Waals surface area contributed by atoms with E-state index in [-0.39, 0.29) is 29.6 Å². The summed E-state index contributed by atoms with van der Waals surface area (Å²) >= 11 is 0. The van der Waals surface area contributed by atoms with Crippen LogP contribution >= 0.6 is 0 Å². The Labute approximate surface area is 269 Å². The van der Waals surface area contributed by atoms with Gasteiger partial charge in [-0.1, -0.05) is 18.2 Å². The van der Waals surface area contributed by atoms with Crippen molar-refractivity contribution in [2.75, 3.05) is 62.6 Å². The van der Waals surface area contributed by atoms with Crippen LogP contribution in [0.2, 0.25) is 0 Å². The standard InChI is InChI=1S/C34H46F2N8O2/c1-23(2)42-15-17-43(18-16-42)29-20-28-31-38-22-39-32(28)44(33(29)46)21-30(45)37-11-4-5-12-41-13-9-26(10-14-41)34(35,36)27-8-6-7-25(19-27)24(3)40-31/h6-8,19-20,22-24,26H,4-5,9-18,21H2,1-3H3,(H,37,45)(H,38,39,40)/t24-/m1/s1. The Bertz CT molecular complexity index is 1600. The van der Waals surface area contributed by atoms with Crippen LogP contribution < -0.4 is 21.1 Å². The third-order valence-corrected chi connectivity index (χ3v) is 10.00. The van der Waals surface area contributed by atoms with Gasteiger partial charge in [-0.25, -0.2) is 18.7 Å². The van der Waals surface area contributed by atoms with Crippen molar-refractivity contribution in [3.05, 3.63) is 58.1 Å². The van der Waals surface area contributed by atoms with Gasteiger partial charge in [-0.3, -0.25) is 19.1 Å². The zero-order chi connectivity index (χ0) is 32.4. The van der Waals surface area contributed by atoms with Gasteiger partial charge in [0, 0.05) is 56.3 Å². The van der Waals surface area contributed by atoms with E-state index in [4.69, 9.17) is 0 Å². The van der Waals surface area contributed by atoms with Crippen LogP contribution in [0.25, 0.3) is 11.0 Å². The van der Waals surface area contributed by atoms with E-state index in [0.29, 0.717) is 79.7 Å². The lowest BCUT2D eigenvalue weighted by Crippen LogP contribution is -2.50. The lowest BCUT2D eigenvalue weighted by molar-refractivity contribution is -0.121. The number of pyridine rings is 1. The molecular formula is C34H46F2N8O2. The Morgan fingerprint density at radius 3 is 2.46 bits per heavy atom. The highest BCUT2D eigenvalue weighted by molar-refractivity contribution is 5.90. The Morgan fingerprint density at radius 1 is 0.957 bits per heavy atom. The number of hydrogen-bond donors (Lipinski definition) is 2. The number of nitrogens with zero attached hydrogens (tertiary/aromatic N) is 6. The molecule has 2 N–H and O–H groups in total. The number of benzene rings is 1. The van der Waals surface area contributed by atoms with Gasteiger partial charge in [0.25, 0.3) is 11.5 Å². The molecule has 0 saturated carbocycles. The molecule has 4 aliphatic rings. The first kappa shape index (κ1) is 32.3. The van der Waals surface area contributed by atoms with E-state index in [1.165, 1.54) is 17.0 Å². The molecule has 1 atom stereocenters. The molecule has 0 unspecified atom stereocenters. The summed E-state index contributed by atoms with van der Waals surface area (Å²) in [7, 11) is 0. The third-order valence-electron chi connectivity index (χ3n) is 10.00. The average molecular weight is 637 g/mol. The van der Waals surface area contributed by atoms with Crippen LogP contribution in [-0.2, 0) is 17.3 Å². The van der Waals surface area contributed by atoms with Crippen LogP contribution in [-0.4, -0.2) is 88.6 Å². The van der Waals surface area contributed by atoms with Crippen molar-refractivity contribution in [1.29, 1.82) is 0 Å². The smallest absolute Gasteiger partial charge is 0.276 e. The van der Waals surface area contributed by atoms with Crippen molar-refractivity contribution in [1.82, 2.24) is 29.7 Å². The van der Waals surface area contributed by atoms with Crippen molar-refractivity contribution in [3.63, 3.8) is 0 Å². The zero-order valence-corrected chi connectivity index (χ0v) is 27.1. The molecule has 8 bridgehead atoms. The number of halogens is 2. The second-order valence-electron chi connectivity index (χ2n) is 13.3. The molecule has 46 heavy (non-hydrogen) atoms. The molecule has 2 fully saturated rings. The number of aromatic nitrogens is 3. The van der Waals surface area contributed by atoms with Crippen molar-refractivity contribution in [2.24, 2.45) is 5.92 Å². The van der Waals surface area contributed by atoms with Gasteiger partial charge in [-0.15, -0.1) is 0 Å². The minimum absolute atomic E-state index is 0.0387. The molecule has 0 aliphatic carbocycles. The molecule has 0 radical (unpaired) electrons. The number of piperazine rings is 1. The van der Waals surface area contributed by atoms with E-state index in [1.54, 1.807) is 12.1 Å². The first-order valence-corrected chi connectivity index (χ1v) is 16.7. The van der Waals surface area contributed by atoms with Gasteiger partial charge in [0.05, 0.1) is 5.39 Å². The molecule has 3 aromatic rings. The molecule has 4 aliphatic heterocycles. The predicted molar refractivity (Wildman–Crippen MR) is 177 cm³/mol. The van der Waals surface area contributed by atoms with Gasteiger partial charge in [0.15, 0.2) is 0 Å². The molecule has 6 heterocycles. The van der Waals surface area contributed by atoms with E-state index in [0.717, 1.165) is 32.5 Å². The molecule has 0 spiro atoms. The Balaban J connectivity index is 1.39. The van der Waals surface area contributed by atoms with Crippen LogP contribution in [0.1, 0.15) is 63.6 Å². The van der Waals surface area contributed by atoms with Crippen molar-refractivity contribution in [2.45, 2.75) is 71.0 Å². The monoisotopic (exact) mass is 636 g/mol. The number of anilines is 2. The van der Waals surface area contributed by atoms with Crippen molar-refractivity contribution >= 4 is 28.4 Å². The maximum Gasteiger partial charge on any atom is 0.276 e. The largest absolute Gasteiger partial charge is 0.364 e. The number of nitrogens with one attached hydrogen (secondary N) is 2. The van der Waals surface area contributed by atoms with E-state index in [1.807, 2.05) is 19.1 Å². The van der Waals surface area contributed by atoms with Crippen LogP contribution in [0, 0.1) is 5.92 Å². The maximum atomic E-state index is 15.9. The summed E-state index contributed by atoms with van der Waals surface area (Å²) in [5.41, 5.74) is 1.33. The number of alkyl halides is 2. The summed E-state index contributed by atoms with van der Waals surface area (Å²) in [5.74, 6) is -3.42. The van der Waals surface area contributed by atoms with Gasteiger partial charge in [-0.2, -0.15) is 0 Å². The summed E-state index contributed by atoms with van der Waals surface area (Å²) in [4.78, 5) is 42.9. The maximum absolute atomic E-state index is 15.9. The second kappa shape index (κ2) is 13.6. The summed E-state index contributed by atoms with van der Waals surface area (Å²) in [6.07, 6.45) is 3.88. The zero-order valence-electron chi connectivity index (χ0n) is 27.1. The topological polar surface area (TPSA) is 98.6 Å². The first-order chi connectivity index (χ1) is 22.1. The van der Waals surface area contributed by atoms with Crippen LogP contribution in [0.3, 0.4) is 0 Å². The van der Waals surface area contributed by atoms with Crippen molar-refractivity contribution < 1.29 is 13.6 Å². The van der Waals surface area contributed by atoms with Gasteiger partial charge in [-0.05, 0) is 83.8 Å². The van der Waals surface area contributed by atoms with Crippen LogP contribution in [0.15, 0.2) is 41.5 Å². The second-order valence-corrected chi connectivity index (χ2v) is 13.3. The number of carbonyl (C=O) groups excluding carboxylic acids is 1. The normalized spacial score (nSPS) is 24.9. The van der Waals surface area contributed by atoms with Crippen molar-refractivity contribution in [3.8, 4) is 0 Å². The summed E-state index contributed by atoms with van der Waals surface area (Å²) in [6.45, 7) is 11.6. The van der Waals surface area contributed by atoms with Crippen LogP contribution in [0.4, 0.5) is 20.3 Å². The quantitative estimate of drug-likeness (QED) is 0.432. The molecular weight excluding hydrogens is 590 g/mol. The highest BCUT2D eigenvalue weighted by Gasteiger charge is 2.42. The van der Waals surface area contributed by atoms with Gasteiger partial charge in [0.2, 0.25) is 5.91 Å². The number of amides is 1. The van der Waals surface area contributed by atoms with E-state index in [2.05, 4.69) is 49.1 Å². The fraction of sp³-hybridized carbons (Fsp3) is 0.588. The minimum Gasteiger partial charge on any atom is -0.364 e. The number of piperidine rings is 1. The fourth-order valence-corrected chi connectivity index (χ4v) is 7.08. The summed E-state index contributed by atoms with van der Waals surface area (Å²) in [6, 6.07) is 8.55. The SMILES string of the molecule is CC(C)N1CCN(c2cc3c4ncnc3n(c2=O)CC(=O)NCCCCN2CCC(CC2)C(F)(F)c2cccc(c2)[C@@H](C)N4)CC1. The number of carbonyl (C=O) groups is 1. The number of rotatable bonds is 2. The lowest BCUT2D eigenvalue weighted by atomic mass is 9.85. The van der Waals surface area contributed by atoms with Gasteiger partial charge < -0.3 is 20.4 Å². The third kappa shape index (κ3) is 6.73. The summed E-state index contributed by atoms with van der Waals surface area (Å²) in [5, 5.41) is 6.99. The molecule has 1 amide bonds. The van der Waals surface area contributed by atoms with Crippen LogP contribution in [0.5, 0.6) is 0 Å². The molecule has 7 rings (SSSR count). The van der Waals surface area contributed by atoms with Gasteiger partial charge in [0.1, 0.15) is 30.0 Å². The highest BCUT2D eigenvalue weighted by Crippen LogP contribution is 2.42. The molecule has 12 heteroatoms. The van der Waals surface area contributed by atoms with E-state index >= 15 is 8.78 Å². The molecule has 248 valence electrons. The Kier molecular flexibility index (Phi) is 9.56. The molecule has 10 nitrogen and oxygen atoms in total. The van der Waals surface area contributed by atoms with E-state index in [9.17, 15) is 9.59 Å². The van der Waals surface area contributed by atoms with Gasteiger partial charge >= 0.3 is 0 Å². The lowest BCUT2D eigenvalue weighted by Gasteiger charge is -2.38. The Hall–Kier alpha value is -3.64.